The molecule has 1 aromatic heterocycles. The molecular formula is C13H18ClN3O3S. The number of amides is 1. The van der Waals surface area contributed by atoms with Gasteiger partial charge in [-0.3, -0.25) is 4.79 Å². The standard InChI is InChI=1S/C13H18ClN3O3S/c1-3-15-12-7-10(6-11(14)16-12)13(18)17-4-5-21(19,20)8-9(17)2/h6-7,9H,3-5,8H2,1-2H3,(H,15,16). The van der Waals surface area contributed by atoms with E-state index in [2.05, 4.69) is 10.3 Å². The molecule has 0 aromatic carbocycles. The van der Waals surface area contributed by atoms with Crippen LogP contribution in [0.15, 0.2) is 12.1 Å². The molecule has 0 bridgehead atoms. The van der Waals surface area contributed by atoms with E-state index in [1.807, 2.05) is 6.92 Å². The molecule has 1 aliphatic rings. The Kier molecular flexibility index (Phi) is 4.73. The van der Waals surface area contributed by atoms with Crippen molar-refractivity contribution in [2.45, 2.75) is 19.9 Å². The Morgan fingerprint density at radius 3 is 2.86 bits per heavy atom. The van der Waals surface area contributed by atoms with Gasteiger partial charge < -0.3 is 10.2 Å². The zero-order valence-corrected chi connectivity index (χ0v) is 13.5. The molecule has 1 amide bonds. The Bertz CT molecular complexity index is 648. The van der Waals surface area contributed by atoms with E-state index in [-0.39, 0.29) is 35.2 Å². The number of hydrogen-bond acceptors (Lipinski definition) is 5. The summed E-state index contributed by atoms with van der Waals surface area (Å²) in [5.41, 5.74) is 0.414. The molecule has 1 fully saturated rings. The second-order valence-corrected chi connectivity index (χ2v) is 7.67. The number of nitrogens with one attached hydrogen (secondary N) is 1. The van der Waals surface area contributed by atoms with Crippen molar-refractivity contribution in [1.29, 1.82) is 0 Å². The van der Waals surface area contributed by atoms with Crippen molar-refractivity contribution in [3.8, 4) is 0 Å². The summed E-state index contributed by atoms with van der Waals surface area (Å²) in [5, 5.41) is 3.24. The molecular weight excluding hydrogens is 314 g/mol. The summed E-state index contributed by atoms with van der Waals surface area (Å²) >= 11 is 5.93. The first-order chi connectivity index (χ1) is 9.82. The fraction of sp³-hybridized carbons (Fsp3) is 0.538. The Balaban J connectivity index is 2.24. The van der Waals surface area contributed by atoms with Gasteiger partial charge in [-0.25, -0.2) is 13.4 Å². The minimum Gasteiger partial charge on any atom is -0.370 e. The zero-order valence-electron chi connectivity index (χ0n) is 12.0. The summed E-state index contributed by atoms with van der Waals surface area (Å²) in [6, 6.07) is 2.79. The summed E-state index contributed by atoms with van der Waals surface area (Å²) in [7, 11) is -3.05. The number of hydrogen-bond donors (Lipinski definition) is 1. The lowest BCUT2D eigenvalue weighted by Crippen LogP contribution is -2.49. The van der Waals surface area contributed by atoms with E-state index in [9.17, 15) is 13.2 Å². The minimum absolute atomic E-state index is 0.00195. The van der Waals surface area contributed by atoms with E-state index in [1.54, 1.807) is 17.9 Å². The van der Waals surface area contributed by atoms with Gasteiger partial charge >= 0.3 is 0 Å². The Morgan fingerprint density at radius 1 is 1.52 bits per heavy atom. The predicted octanol–water partition coefficient (Wildman–Crippen LogP) is 1.43. The van der Waals surface area contributed by atoms with Crippen molar-refractivity contribution in [3.05, 3.63) is 22.8 Å². The molecule has 1 unspecified atom stereocenters. The van der Waals surface area contributed by atoms with Crippen LogP contribution in [0.1, 0.15) is 24.2 Å². The predicted molar refractivity (Wildman–Crippen MR) is 82.6 cm³/mol. The molecule has 0 spiro atoms. The summed E-state index contributed by atoms with van der Waals surface area (Å²) in [6.45, 7) is 4.53. The highest BCUT2D eigenvalue weighted by Gasteiger charge is 2.31. The third kappa shape index (κ3) is 3.85. The summed E-state index contributed by atoms with van der Waals surface area (Å²) in [5.74, 6) is 0.311. The van der Waals surface area contributed by atoms with Crippen LogP contribution in [0.3, 0.4) is 0 Å². The normalized spacial score (nSPS) is 21.1. The van der Waals surface area contributed by atoms with E-state index in [1.165, 1.54) is 6.07 Å². The molecule has 21 heavy (non-hydrogen) atoms. The van der Waals surface area contributed by atoms with Crippen molar-refractivity contribution < 1.29 is 13.2 Å². The maximum Gasteiger partial charge on any atom is 0.254 e. The third-order valence-corrected chi connectivity index (χ3v) is 5.32. The van der Waals surface area contributed by atoms with Crippen LogP contribution in [0.5, 0.6) is 0 Å². The third-order valence-electron chi connectivity index (χ3n) is 3.33. The van der Waals surface area contributed by atoms with Gasteiger partial charge in [0.2, 0.25) is 0 Å². The summed E-state index contributed by atoms with van der Waals surface area (Å²) < 4.78 is 23.2. The summed E-state index contributed by atoms with van der Waals surface area (Å²) in [6.07, 6.45) is 0. The minimum atomic E-state index is -3.05. The molecule has 1 saturated heterocycles. The first kappa shape index (κ1) is 16.0. The number of pyridine rings is 1. The van der Waals surface area contributed by atoms with Crippen LogP contribution in [0, 0.1) is 0 Å². The van der Waals surface area contributed by atoms with Crippen molar-refractivity contribution in [1.82, 2.24) is 9.88 Å². The van der Waals surface area contributed by atoms with Crippen molar-refractivity contribution in [3.63, 3.8) is 0 Å². The average molecular weight is 332 g/mol. The fourth-order valence-corrected chi connectivity index (χ4v) is 4.12. The van der Waals surface area contributed by atoms with Gasteiger partial charge in [-0.1, -0.05) is 11.6 Å². The van der Waals surface area contributed by atoms with Gasteiger partial charge in [-0.15, -0.1) is 0 Å². The molecule has 0 aliphatic carbocycles. The Morgan fingerprint density at radius 2 is 2.24 bits per heavy atom. The zero-order chi connectivity index (χ0) is 15.6. The number of sulfone groups is 1. The molecule has 0 saturated carbocycles. The molecule has 116 valence electrons. The highest BCUT2D eigenvalue weighted by Crippen LogP contribution is 2.19. The molecule has 1 N–H and O–H groups in total. The molecule has 2 heterocycles. The van der Waals surface area contributed by atoms with Crippen LogP contribution in [0.25, 0.3) is 0 Å². The first-order valence-corrected chi connectivity index (χ1v) is 8.95. The lowest BCUT2D eigenvalue weighted by molar-refractivity contribution is 0.0712. The van der Waals surface area contributed by atoms with Crippen LogP contribution >= 0.6 is 11.6 Å². The number of anilines is 1. The topological polar surface area (TPSA) is 79.4 Å². The van der Waals surface area contributed by atoms with Crippen molar-refractivity contribution >= 4 is 33.2 Å². The van der Waals surface area contributed by atoms with Crippen LogP contribution < -0.4 is 5.32 Å². The van der Waals surface area contributed by atoms with Crippen LogP contribution in [-0.4, -0.2) is 54.8 Å². The number of nitrogens with zero attached hydrogens (tertiary/aromatic N) is 2. The van der Waals surface area contributed by atoms with Gasteiger partial charge in [-0.05, 0) is 26.0 Å². The maximum absolute atomic E-state index is 12.5. The van der Waals surface area contributed by atoms with E-state index < -0.39 is 9.84 Å². The number of aromatic nitrogens is 1. The van der Waals surface area contributed by atoms with Crippen LogP contribution in [0.2, 0.25) is 5.15 Å². The van der Waals surface area contributed by atoms with Crippen LogP contribution in [0.4, 0.5) is 5.82 Å². The number of carbonyl (C=O) groups excluding carboxylic acids is 1. The van der Waals surface area contributed by atoms with Gasteiger partial charge in [0.25, 0.3) is 5.91 Å². The largest absolute Gasteiger partial charge is 0.370 e. The van der Waals surface area contributed by atoms with Gasteiger partial charge in [0.05, 0.1) is 11.5 Å². The number of rotatable bonds is 3. The second kappa shape index (κ2) is 6.19. The van der Waals surface area contributed by atoms with E-state index in [0.29, 0.717) is 17.9 Å². The van der Waals surface area contributed by atoms with E-state index in [0.717, 1.165) is 0 Å². The molecule has 6 nitrogen and oxygen atoms in total. The van der Waals surface area contributed by atoms with Gasteiger partial charge in [0.1, 0.15) is 11.0 Å². The quantitative estimate of drug-likeness (QED) is 0.847. The number of halogens is 1. The smallest absolute Gasteiger partial charge is 0.254 e. The van der Waals surface area contributed by atoms with E-state index >= 15 is 0 Å². The second-order valence-electron chi connectivity index (χ2n) is 5.06. The summed E-state index contributed by atoms with van der Waals surface area (Å²) in [4.78, 5) is 18.2. The molecule has 8 heteroatoms. The molecule has 1 aliphatic heterocycles. The number of carbonyl (C=O) groups is 1. The maximum atomic E-state index is 12.5. The van der Waals surface area contributed by atoms with Crippen molar-refractivity contribution in [2.75, 3.05) is 29.9 Å². The Labute approximate surface area is 129 Å². The Hall–Kier alpha value is -1.34. The molecule has 1 aromatic rings. The molecule has 1 atom stereocenters. The molecule has 0 radical (unpaired) electrons. The van der Waals surface area contributed by atoms with Gasteiger partial charge in [-0.2, -0.15) is 0 Å². The van der Waals surface area contributed by atoms with E-state index in [4.69, 9.17) is 11.6 Å². The lowest BCUT2D eigenvalue weighted by Gasteiger charge is -2.33. The molecule has 2 rings (SSSR count). The first-order valence-electron chi connectivity index (χ1n) is 6.75. The van der Waals surface area contributed by atoms with Gasteiger partial charge in [0.15, 0.2) is 9.84 Å². The van der Waals surface area contributed by atoms with Gasteiger partial charge in [0, 0.05) is 24.7 Å². The fourth-order valence-electron chi connectivity index (χ4n) is 2.36. The van der Waals surface area contributed by atoms with Crippen LogP contribution in [-0.2, 0) is 9.84 Å². The highest BCUT2D eigenvalue weighted by molar-refractivity contribution is 7.91. The highest BCUT2D eigenvalue weighted by atomic mass is 35.5. The SMILES string of the molecule is CCNc1cc(C(=O)N2CCS(=O)(=O)CC2C)cc(Cl)n1. The monoisotopic (exact) mass is 331 g/mol. The average Bonchev–Trinajstić information content (AvgIpc) is 2.36. The van der Waals surface area contributed by atoms with Crippen molar-refractivity contribution in [2.24, 2.45) is 0 Å². The lowest BCUT2D eigenvalue weighted by atomic mass is 10.2.